The summed E-state index contributed by atoms with van der Waals surface area (Å²) in [4.78, 5) is 1.22. The van der Waals surface area contributed by atoms with Gasteiger partial charge in [0.1, 0.15) is 0 Å². The molecule has 2 aromatic rings. The van der Waals surface area contributed by atoms with Gasteiger partial charge in [0.25, 0.3) is 0 Å². The predicted molar refractivity (Wildman–Crippen MR) is 69.6 cm³/mol. The number of rotatable bonds is 4. The number of halogens is 1. The maximum atomic E-state index is 6.04. The number of para-hydroxylation sites is 1. The Bertz CT molecular complexity index is 470. The highest BCUT2D eigenvalue weighted by Gasteiger charge is 2.01. The van der Waals surface area contributed by atoms with Gasteiger partial charge in [-0.15, -0.1) is 11.3 Å². The van der Waals surface area contributed by atoms with Crippen LogP contribution >= 0.6 is 22.9 Å². The summed E-state index contributed by atoms with van der Waals surface area (Å²) >= 11 is 7.67. The van der Waals surface area contributed by atoms with Crippen LogP contribution in [-0.2, 0) is 6.54 Å². The summed E-state index contributed by atoms with van der Waals surface area (Å²) in [6, 6.07) is 11.7. The van der Waals surface area contributed by atoms with Crippen LogP contribution < -0.4 is 10.1 Å². The van der Waals surface area contributed by atoms with Crippen LogP contribution in [0.5, 0.6) is 5.06 Å². The van der Waals surface area contributed by atoms with Crippen molar-refractivity contribution in [2.75, 3.05) is 12.4 Å². The average Bonchev–Trinajstić information content (AvgIpc) is 2.76. The Morgan fingerprint density at radius 3 is 2.75 bits per heavy atom. The maximum absolute atomic E-state index is 6.04. The second-order valence-corrected chi connectivity index (χ2v) is 4.80. The third-order valence-corrected chi connectivity index (χ3v) is 3.54. The zero-order chi connectivity index (χ0) is 11.4. The van der Waals surface area contributed by atoms with Crippen LogP contribution in [0.25, 0.3) is 0 Å². The van der Waals surface area contributed by atoms with Crippen molar-refractivity contribution in [2.24, 2.45) is 0 Å². The van der Waals surface area contributed by atoms with E-state index in [-0.39, 0.29) is 0 Å². The minimum Gasteiger partial charge on any atom is -0.487 e. The Balaban J connectivity index is 1.99. The molecular formula is C12H12ClNOS. The van der Waals surface area contributed by atoms with Gasteiger partial charge >= 0.3 is 0 Å². The van der Waals surface area contributed by atoms with Gasteiger partial charge in [0.15, 0.2) is 5.06 Å². The summed E-state index contributed by atoms with van der Waals surface area (Å²) < 4.78 is 5.14. The molecule has 0 bridgehead atoms. The Morgan fingerprint density at radius 2 is 2.06 bits per heavy atom. The van der Waals surface area contributed by atoms with Crippen LogP contribution in [0.4, 0.5) is 5.69 Å². The number of nitrogens with one attached hydrogen (secondary N) is 1. The molecule has 2 nitrogen and oxygen atoms in total. The van der Waals surface area contributed by atoms with E-state index in [1.165, 1.54) is 4.88 Å². The average molecular weight is 254 g/mol. The van der Waals surface area contributed by atoms with Gasteiger partial charge in [-0.3, -0.25) is 0 Å². The van der Waals surface area contributed by atoms with Crippen molar-refractivity contribution in [2.45, 2.75) is 6.54 Å². The molecule has 2 rings (SSSR count). The van der Waals surface area contributed by atoms with Crippen LogP contribution in [0, 0.1) is 0 Å². The summed E-state index contributed by atoms with van der Waals surface area (Å²) in [5, 5.41) is 4.96. The van der Waals surface area contributed by atoms with E-state index in [1.54, 1.807) is 18.4 Å². The van der Waals surface area contributed by atoms with Gasteiger partial charge in [-0.05, 0) is 24.3 Å². The van der Waals surface area contributed by atoms with E-state index >= 15 is 0 Å². The van der Waals surface area contributed by atoms with Gasteiger partial charge in [0.05, 0.1) is 17.8 Å². The fraction of sp³-hybridized carbons (Fsp3) is 0.167. The van der Waals surface area contributed by atoms with Crippen LogP contribution in [0.1, 0.15) is 4.88 Å². The van der Waals surface area contributed by atoms with Gasteiger partial charge in [-0.2, -0.15) is 0 Å². The van der Waals surface area contributed by atoms with Crippen LogP contribution in [0.3, 0.4) is 0 Å². The molecule has 0 unspecified atom stereocenters. The number of hydrogen-bond acceptors (Lipinski definition) is 3. The third-order valence-electron chi connectivity index (χ3n) is 2.17. The van der Waals surface area contributed by atoms with E-state index in [4.69, 9.17) is 16.3 Å². The van der Waals surface area contributed by atoms with Crippen molar-refractivity contribution in [3.8, 4) is 5.06 Å². The van der Waals surface area contributed by atoms with Gasteiger partial charge < -0.3 is 10.1 Å². The smallest absolute Gasteiger partial charge is 0.173 e. The Hall–Kier alpha value is -1.19. The molecular weight excluding hydrogens is 242 g/mol. The van der Waals surface area contributed by atoms with Gasteiger partial charge in [-0.25, -0.2) is 0 Å². The molecule has 1 N–H and O–H groups in total. The Kier molecular flexibility index (Phi) is 3.70. The van der Waals surface area contributed by atoms with Crippen LogP contribution in [-0.4, -0.2) is 7.11 Å². The maximum Gasteiger partial charge on any atom is 0.173 e. The van der Waals surface area contributed by atoms with E-state index in [2.05, 4.69) is 5.32 Å². The first-order valence-corrected chi connectivity index (χ1v) is 6.10. The molecule has 0 fully saturated rings. The van der Waals surface area contributed by atoms with Gasteiger partial charge in [0.2, 0.25) is 0 Å². The van der Waals surface area contributed by atoms with Crippen molar-refractivity contribution in [1.29, 1.82) is 0 Å². The number of ether oxygens (including phenoxy) is 1. The first-order chi connectivity index (χ1) is 7.79. The lowest BCUT2D eigenvalue weighted by atomic mass is 10.3. The number of thiophene rings is 1. The SMILES string of the molecule is COc1ccc(CNc2ccccc2Cl)s1. The third kappa shape index (κ3) is 2.68. The van der Waals surface area contributed by atoms with E-state index < -0.39 is 0 Å². The molecule has 0 spiro atoms. The Morgan fingerprint density at radius 1 is 1.25 bits per heavy atom. The summed E-state index contributed by atoms with van der Waals surface area (Å²) in [5.41, 5.74) is 0.955. The molecule has 0 atom stereocenters. The molecule has 0 saturated heterocycles. The largest absolute Gasteiger partial charge is 0.487 e. The van der Waals surface area contributed by atoms with Crippen LogP contribution in [0.2, 0.25) is 5.02 Å². The standard InChI is InChI=1S/C12H12ClNOS/c1-15-12-7-6-9(16-12)8-14-11-5-3-2-4-10(11)13/h2-7,14H,8H2,1H3. The van der Waals surface area contributed by atoms with Crippen molar-refractivity contribution in [3.63, 3.8) is 0 Å². The Labute approximate surface area is 104 Å². The summed E-state index contributed by atoms with van der Waals surface area (Å²) in [5.74, 6) is 0. The van der Waals surface area contributed by atoms with E-state index in [9.17, 15) is 0 Å². The zero-order valence-electron chi connectivity index (χ0n) is 8.87. The van der Waals surface area contributed by atoms with Crippen molar-refractivity contribution in [3.05, 3.63) is 46.3 Å². The topological polar surface area (TPSA) is 21.3 Å². The molecule has 0 aliphatic rings. The molecule has 16 heavy (non-hydrogen) atoms. The molecule has 1 heterocycles. The normalized spacial score (nSPS) is 10.1. The van der Waals surface area contributed by atoms with Crippen LogP contribution in [0.15, 0.2) is 36.4 Å². The van der Waals surface area contributed by atoms with E-state index in [0.29, 0.717) is 0 Å². The zero-order valence-corrected chi connectivity index (χ0v) is 10.4. The fourth-order valence-electron chi connectivity index (χ4n) is 1.35. The number of hydrogen-bond donors (Lipinski definition) is 1. The molecule has 0 aliphatic carbocycles. The first kappa shape index (κ1) is 11.3. The van der Waals surface area contributed by atoms with Gasteiger partial charge in [-0.1, -0.05) is 23.7 Å². The molecule has 0 saturated carbocycles. The highest BCUT2D eigenvalue weighted by atomic mass is 35.5. The first-order valence-electron chi connectivity index (χ1n) is 4.90. The highest BCUT2D eigenvalue weighted by Crippen LogP contribution is 2.26. The minimum absolute atomic E-state index is 0.742. The molecule has 4 heteroatoms. The highest BCUT2D eigenvalue weighted by molar-refractivity contribution is 7.13. The monoisotopic (exact) mass is 253 g/mol. The molecule has 1 aromatic carbocycles. The predicted octanol–water partition coefficient (Wildman–Crippen LogP) is 4.02. The molecule has 1 aromatic heterocycles. The van der Waals surface area contributed by atoms with Crippen molar-refractivity contribution >= 4 is 28.6 Å². The second-order valence-electron chi connectivity index (χ2n) is 3.26. The lowest BCUT2D eigenvalue weighted by Crippen LogP contribution is -1.97. The van der Waals surface area contributed by atoms with Crippen molar-refractivity contribution in [1.82, 2.24) is 0 Å². The number of methoxy groups -OCH3 is 1. The van der Waals surface area contributed by atoms with E-state index in [0.717, 1.165) is 22.3 Å². The van der Waals surface area contributed by atoms with Gasteiger partial charge in [0, 0.05) is 11.4 Å². The summed E-state index contributed by atoms with van der Waals surface area (Å²) in [7, 11) is 1.68. The molecule has 0 aliphatic heterocycles. The number of benzene rings is 1. The lowest BCUT2D eigenvalue weighted by Gasteiger charge is -2.06. The lowest BCUT2D eigenvalue weighted by molar-refractivity contribution is 0.427. The minimum atomic E-state index is 0.742. The second kappa shape index (κ2) is 5.23. The fourth-order valence-corrected chi connectivity index (χ4v) is 2.31. The molecule has 0 radical (unpaired) electrons. The summed E-state index contributed by atoms with van der Waals surface area (Å²) in [6.07, 6.45) is 0. The molecule has 0 amide bonds. The van der Waals surface area contributed by atoms with E-state index in [1.807, 2.05) is 36.4 Å². The van der Waals surface area contributed by atoms with Crippen molar-refractivity contribution < 1.29 is 4.74 Å². The number of anilines is 1. The summed E-state index contributed by atoms with van der Waals surface area (Å²) in [6.45, 7) is 0.762. The molecule has 84 valence electrons. The quantitative estimate of drug-likeness (QED) is 0.889.